The number of benzene rings is 1. The lowest BCUT2D eigenvalue weighted by atomic mass is 10.0. The smallest absolute Gasteiger partial charge is 0.306 e. The highest BCUT2D eigenvalue weighted by atomic mass is 16.5. The van der Waals surface area contributed by atoms with Crippen molar-refractivity contribution in [1.82, 2.24) is 5.16 Å². The number of carbonyl (C=O) groups is 1. The average molecular weight is 317 g/mol. The van der Waals surface area contributed by atoms with Crippen LogP contribution in [0.1, 0.15) is 37.3 Å². The van der Waals surface area contributed by atoms with Gasteiger partial charge in [-0.2, -0.15) is 0 Å². The number of hydrogen-bond acceptors (Lipinski definition) is 5. The maximum Gasteiger partial charge on any atom is 0.306 e. The third-order valence-electron chi connectivity index (χ3n) is 3.34. The van der Waals surface area contributed by atoms with E-state index in [0.717, 1.165) is 17.0 Å². The zero-order valence-corrected chi connectivity index (χ0v) is 13.7. The Balaban J connectivity index is 1.73. The van der Waals surface area contributed by atoms with E-state index < -0.39 is 0 Å². The second kappa shape index (κ2) is 9.10. The van der Waals surface area contributed by atoms with E-state index in [0.29, 0.717) is 32.7 Å². The lowest BCUT2D eigenvalue weighted by Crippen LogP contribution is -2.10. The molecule has 2 rings (SSSR count). The Morgan fingerprint density at radius 1 is 1.26 bits per heavy atom. The summed E-state index contributed by atoms with van der Waals surface area (Å²) in [5.74, 6) is 0.742. The predicted octanol–water partition coefficient (Wildman–Crippen LogP) is 3.52. The molecule has 0 aliphatic carbocycles. The quantitative estimate of drug-likeness (QED) is 0.662. The molecule has 0 N–H and O–H groups in total. The molecule has 0 spiro atoms. The highest BCUT2D eigenvalue weighted by Gasteiger charge is 2.14. The Hall–Kier alpha value is -2.14. The van der Waals surface area contributed by atoms with Gasteiger partial charge in [-0.15, -0.1) is 0 Å². The predicted molar refractivity (Wildman–Crippen MR) is 85.6 cm³/mol. The van der Waals surface area contributed by atoms with Crippen molar-refractivity contribution in [2.45, 2.75) is 39.9 Å². The van der Waals surface area contributed by atoms with E-state index in [1.54, 1.807) is 6.92 Å². The van der Waals surface area contributed by atoms with Crippen molar-refractivity contribution in [1.29, 1.82) is 0 Å². The van der Waals surface area contributed by atoms with Crippen molar-refractivity contribution in [2.75, 3.05) is 6.61 Å². The second-order valence-corrected chi connectivity index (χ2v) is 5.58. The molecule has 1 aromatic carbocycles. The molecule has 0 aliphatic rings. The third kappa shape index (κ3) is 6.24. The number of aromatic nitrogens is 1. The van der Waals surface area contributed by atoms with Gasteiger partial charge in [0.2, 0.25) is 0 Å². The summed E-state index contributed by atoms with van der Waals surface area (Å²) in [5.41, 5.74) is 1.89. The van der Waals surface area contributed by atoms with Crippen molar-refractivity contribution in [3.05, 3.63) is 53.4 Å². The van der Waals surface area contributed by atoms with E-state index >= 15 is 0 Å². The van der Waals surface area contributed by atoms with Crippen LogP contribution in [-0.2, 0) is 33.9 Å². The number of ether oxygens (including phenoxy) is 2. The van der Waals surface area contributed by atoms with Crippen molar-refractivity contribution in [2.24, 2.45) is 5.92 Å². The first kappa shape index (κ1) is 17.2. The Labute approximate surface area is 136 Å². The van der Waals surface area contributed by atoms with Crippen LogP contribution in [-0.4, -0.2) is 17.7 Å². The number of rotatable bonds is 9. The zero-order valence-electron chi connectivity index (χ0n) is 13.7. The second-order valence-electron chi connectivity index (χ2n) is 5.58. The monoisotopic (exact) mass is 317 g/mol. The van der Waals surface area contributed by atoms with Crippen LogP contribution < -0.4 is 0 Å². The van der Waals surface area contributed by atoms with Gasteiger partial charge in [-0.05, 0) is 18.4 Å². The molecule has 0 radical (unpaired) electrons. The molecule has 5 nitrogen and oxygen atoms in total. The van der Waals surface area contributed by atoms with Gasteiger partial charge in [0.05, 0.1) is 19.8 Å². The van der Waals surface area contributed by atoms with Crippen LogP contribution in [0.15, 0.2) is 40.9 Å². The number of hydrogen-bond donors (Lipinski definition) is 0. The average Bonchev–Trinajstić information content (AvgIpc) is 2.95. The van der Waals surface area contributed by atoms with Crippen molar-refractivity contribution in [3.63, 3.8) is 0 Å². The summed E-state index contributed by atoms with van der Waals surface area (Å²) in [7, 11) is 0. The molecule has 1 unspecified atom stereocenters. The number of carbonyl (C=O) groups excluding carboxylic acids is 1. The SMILES string of the molecule is CCOC(=O)CC(C)Cc1cc(COCc2ccccc2)no1. The first-order chi connectivity index (χ1) is 11.2. The first-order valence-electron chi connectivity index (χ1n) is 7.89. The van der Waals surface area contributed by atoms with Crippen LogP contribution in [0.3, 0.4) is 0 Å². The van der Waals surface area contributed by atoms with Crippen molar-refractivity contribution >= 4 is 5.97 Å². The van der Waals surface area contributed by atoms with Gasteiger partial charge in [-0.25, -0.2) is 0 Å². The fraction of sp³-hybridized carbons (Fsp3) is 0.444. The largest absolute Gasteiger partial charge is 0.466 e. The lowest BCUT2D eigenvalue weighted by molar-refractivity contribution is -0.144. The van der Waals surface area contributed by atoms with E-state index in [1.165, 1.54) is 0 Å². The van der Waals surface area contributed by atoms with Gasteiger partial charge >= 0.3 is 5.97 Å². The van der Waals surface area contributed by atoms with E-state index in [2.05, 4.69) is 5.16 Å². The molecule has 0 saturated heterocycles. The molecule has 2 aromatic rings. The summed E-state index contributed by atoms with van der Waals surface area (Å²) in [4.78, 5) is 11.4. The summed E-state index contributed by atoms with van der Waals surface area (Å²) >= 11 is 0. The lowest BCUT2D eigenvalue weighted by Gasteiger charge is -2.07. The molecule has 5 heteroatoms. The molecule has 124 valence electrons. The molecule has 0 aliphatic heterocycles. The van der Waals surface area contributed by atoms with Crippen LogP contribution in [0.25, 0.3) is 0 Å². The maximum atomic E-state index is 11.4. The summed E-state index contributed by atoms with van der Waals surface area (Å²) in [6.45, 7) is 5.16. The minimum absolute atomic E-state index is 0.153. The minimum Gasteiger partial charge on any atom is -0.466 e. The van der Waals surface area contributed by atoms with Crippen molar-refractivity contribution in [3.8, 4) is 0 Å². The van der Waals surface area contributed by atoms with E-state index in [4.69, 9.17) is 14.0 Å². The van der Waals surface area contributed by atoms with Gasteiger partial charge in [-0.1, -0.05) is 42.4 Å². The highest BCUT2D eigenvalue weighted by molar-refractivity contribution is 5.69. The van der Waals surface area contributed by atoms with Gasteiger partial charge in [0.25, 0.3) is 0 Å². The van der Waals surface area contributed by atoms with Gasteiger partial charge in [0.1, 0.15) is 11.5 Å². The summed E-state index contributed by atoms with van der Waals surface area (Å²) in [6.07, 6.45) is 1.04. The third-order valence-corrected chi connectivity index (χ3v) is 3.34. The van der Waals surface area contributed by atoms with Gasteiger partial charge < -0.3 is 14.0 Å². The Kier molecular flexibility index (Phi) is 6.81. The molecule has 1 aromatic heterocycles. The van der Waals surface area contributed by atoms with E-state index in [1.807, 2.05) is 43.3 Å². The van der Waals surface area contributed by atoms with Crippen molar-refractivity contribution < 1.29 is 18.8 Å². The summed E-state index contributed by atoms with van der Waals surface area (Å²) in [5, 5.41) is 4.00. The Morgan fingerprint density at radius 2 is 2.04 bits per heavy atom. The fourth-order valence-corrected chi connectivity index (χ4v) is 2.29. The van der Waals surface area contributed by atoms with Crippen LogP contribution in [0.5, 0.6) is 0 Å². The fourth-order valence-electron chi connectivity index (χ4n) is 2.29. The molecule has 23 heavy (non-hydrogen) atoms. The summed E-state index contributed by atoms with van der Waals surface area (Å²) < 4.78 is 15.9. The molecular weight excluding hydrogens is 294 g/mol. The molecule has 0 amide bonds. The topological polar surface area (TPSA) is 61.6 Å². The van der Waals surface area contributed by atoms with Gasteiger partial charge in [-0.3, -0.25) is 4.79 Å². The van der Waals surface area contributed by atoms with Crippen LogP contribution in [0, 0.1) is 5.92 Å². The van der Waals surface area contributed by atoms with Gasteiger partial charge in [0.15, 0.2) is 0 Å². The van der Waals surface area contributed by atoms with E-state index in [-0.39, 0.29) is 11.9 Å². The number of esters is 1. The molecule has 0 bridgehead atoms. The molecule has 0 fully saturated rings. The molecular formula is C18H23NO4. The Morgan fingerprint density at radius 3 is 2.78 bits per heavy atom. The van der Waals surface area contributed by atoms with E-state index in [9.17, 15) is 4.79 Å². The zero-order chi connectivity index (χ0) is 16.5. The highest BCUT2D eigenvalue weighted by Crippen LogP contribution is 2.14. The first-order valence-corrected chi connectivity index (χ1v) is 7.89. The van der Waals surface area contributed by atoms with Crippen LogP contribution in [0.2, 0.25) is 0 Å². The maximum absolute atomic E-state index is 11.4. The Bertz CT molecular complexity index is 594. The molecule has 1 atom stereocenters. The number of nitrogens with zero attached hydrogens (tertiary/aromatic N) is 1. The van der Waals surface area contributed by atoms with Gasteiger partial charge in [0, 0.05) is 18.9 Å². The minimum atomic E-state index is -0.175. The standard InChI is InChI=1S/C18H23NO4/c1-3-22-18(20)10-14(2)9-17-11-16(19-23-17)13-21-12-15-7-5-4-6-8-15/h4-8,11,14H,3,9-10,12-13H2,1-2H3. The molecule has 0 saturated carbocycles. The van der Waals surface area contributed by atoms with Crippen LogP contribution in [0.4, 0.5) is 0 Å². The molecule has 1 heterocycles. The summed E-state index contributed by atoms with van der Waals surface area (Å²) in [6, 6.07) is 11.9. The van der Waals surface area contributed by atoms with Crippen LogP contribution >= 0.6 is 0 Å². The normalized spacial score (nSPS) is 12.1.